The van der Waals surface area contributed by atoms with E-state index in [4.69, 9.17) is 9.47 Å². The van der Waals surface area contributed by atoms with Gasteiger partial charge in [0.25, 0.3) is 0 Å². The molecule has 1 aliphatic rings. The SMILES string of the molecule is COCCOCCCC1CCCC(C)N1. The summed E-state index contributed by atoms with van der Waals surface area (Å²) in [5.41, 5.74) is 0. The van der Waals surface area contributed by atoms with Gasteiger partial charge in [-0.25, -0.2) is 0 Å². The Kier molecular flexibility index (Phi) is 6.98. The molecule has 0 amide bonds. The van der Waals surface area contributed by atoms with Gasteiger partial charge in [0.15, 0.2) is 0 Å². The van der Waals surface area contributed by atoms with Crippen LogP contribution in [0.25, 0.3) is 0 Å². The van der Waals surface area contributed by atoms with Crippen LogP contribution in [-0.2, 0) is 9.47 Å². The van der Waals surface area contributed by atoms with Crippen LogP contribution in [0.2, 0.25) is 0 Å². The van der Waals surface area contributed by atoms with Gasteiger partial charge in [0.05, 0.1) is 13.2 Å². The lowest BCUT2D eigenvalue weighted by molar-refractivity contribution is 0.0672. The van der Waals surface area contributed by atoms with Crippen LogP contribution < -0.4 is 5.32 Å². The minimum Gasteiger partial charge on any atom is -0.382 e. The average molecular weight is 215 g/mol. The Balaban J connectivity index is 1.90. The van der Waals surface area contributed by atoms with Gasteiger partial charge >= 0.3 is 0 Å². The monoisotopic (exact) mass is 215 g/mol. The summed E-state index contributed by atoms with van der Waals surface area (Å²) in [4.78, 5) is 0. The van der Waals surface area contributed by atoms with Crippen molar-refractivity contribution < 1.29 is 9.47 Å². The lowest BCUT2D eigenvalue weighted by atomic mass is 9.96. The molecule has 0 saturated carbocycles. The van der Waals surface area contributed by atoms with Crippen molar-refractivity contribution in [3.63, 3.8) is 0 Å². The van der Waals surface area contributed by atoms with Crippen LogP contribution in [0.15, 0.2) is 0 Å². The van der Waals surface area contributed by atoms with E-state index < -0.39 is 0 Å². The van der Waals surface area contributed by atoms with Gasteiger partial charge in [-0.3, -0.25) is 0 Å². The molecule has 0 radical (unpaired) electrons. The molecule has 15 heavy (non-hydrogen) atoms. The van der Waals surface area contributed by atoms with E-state index in [0.717, 1.165) is 25.7 Å². The third-order valence-electron chi connectivity index (χ3n) is 2.98. The molecule has 0 aromatic heterocycles. The van der Waals surface area contributed by atoms with Gasteiger partial charge in [-0.2, -0.15) is 0 Å². The molecule has 1 heterocycles. The molecule has 1 fully saturated rings. The second-order valence-corrected chi connectivity index (χ2v) is 4.44. The van der Waals surface area contributed by atoms with Gasteiger partial charge in [0.2, 0.25) is 0 Å². The van der Waals surface area contributed by atoms with E-state index in [0.29, 0.717) is 12.6 Å². The number of ether oxygens (including phenoxy) is 2. The van der Waals surface area contributed by atoms with Crippen molar-refractivity contribution in [3.05, 3.63) is 0 Å². The van der Waals surface area contributed by atoms with Crippen molar-refractivity contribution in [2.45, 2.75) is 51.1 Å². The fraction of sp³-hybridized carbons (Fsp3) is 1.00. The number of piperidine rings is 1. The van der Waals surface area contributed by atoms with E-state index in [1.165, 1.54) is 25.7 Å². The molecule has 0 aromatic carbocycles. The largest absolute Gasteiger partial charge is 0.382 e. The molecule has 3 heteroatoms. The zero-order valence-electron chi connectivity index (χ0n) is 10.1. The van der Waals surface area contributed by atoms with Crippen LogP contribution in [-0.4, -0.2) is 39.0 Å². The Morgan fingerprint density at radius 1 is 1.20 bits per heavy atom. The van der Waals surface area contributed by atoms with Gasteiger partial charge in [-0.15, -0.1) is 0 Å². The quantitative estimate of drug-likeness (QED) is 0.659. The van der Waals surface area contributed by atoms with E-state index in [9.17, 15) is 0 Å². The zero-order valence-corrected chi connectivity index (χ0v) is 10.1. The lowest BCUT2D eigenvalue weighted by Gasteiger charge is -2.28. The highest BCUT2D eigenvalue weighted by molar-refractivity contribution is 4.77. The summed E-state index contributed by atoms with van der Waals surface area (Å²) in [5.74, 6) is 0. The fourth-order valence-electron chi connectivity index (χ4n) is 2.14. The first-order valence-electron chi connectivity index (χ1n) is 6.15. The summed E-state index contributed by atoms with van der Waals surface area (Å²) in [7, 11) is 1.71. The number of hydrogen-bond donors (Lipinski definition) is 1. The van der Waals surface area contributed by atoms with E-state index in [1.807, 2.05) is 0 Å². The Bertz CT molecular complexity index is 153. The molecule has 0 aliphatic carbocycles. The maximum absolute atomic E-state index is 5.44. The van der Waals surface area contributed by atoms with Crippen LogP contribution in [0.1, 0.15) is 39.0 Å². The highest BCUT2D eigenvalue weighted by Gasteiger charge is 2.16. The summed E-state index contributed by atoms with van der Waals surface area (Å²) in [6.45, 7) is 4.58. The number of methoxy groups -OCH3 is 1. The summed E-state index contributed by atoms with van der Waals surface area (Å²) in [6, 6.07) is 1.43. The van der Waals surface area contributed by atoms with Gasteiger partial charge in [-0.1, -0.05) is 6.42 Å². The Morgan fingerprint density at radius 2 is 2.07 bits per heavy atom. The molecular weight excluding hydrogens is 190 g/mol. The second kappa shape index (κ2) is 8.08. The summed E-state index contributed by atoms with van der Waals surface area (Å²) < 4.78 is 10.4. The molecule has 1 saturated heterocycles. The maximum Gasteiger partial charge on any atom is 0.0700 e. The van der Waals surface area contributed by atoms with Crippen LogP contribution in [0.5, 0.6) is 0 Å². The van der Waals surface area contributed by atoms with Gasteiger partial charge in [-0.05, 0) is 32.6 Å². The minimum atomic E-state index is 0.707. The highest BCUT2D eigenvalue weighted by atomic mass is 16.5. The molecule has 1 aliphatic heterocycles. The first kappa shape index (κ1) is 12.9. The summed E-state index contributed by atoms with van der Waals surface area (Å²) in [5, 5.41) is 3.64. The topological polar surface area (TPSA) is 30.5 Å². The first-order chi connectivity index (χ1) is 7.33. The normalized spacial score (nSPS) is 26.8. The first-order valence-corrected chi connectivity index (χ1v) is 6.15. The van der Waals surface area contributed by atoms with Crippen LogP contribution in [0.3, 0.4) is 0 Å². The smallest absolute Gasteiger partial charge is 0.0700 e. The van der Waals surface area contributed by atoms with Crippen LogP contribution in [0, 0.1) is 0 Å². The molecule has 90 valence electrons. The molecule has 1 rings (SSSR count). The standard InChI is InChI=1S/C12H25NO2/c1-11-5-3-6-12(13-11)7-4-8-15-10-9-14-2/h11-13H,3-10H2,1-2H3. The van der Waals surface area contributed by atoms with E-state index in [-0.39, 0.29) is 0 Å². The Morgan fingerprint density at radius 3 is 2.80 bits per heavy atom. The molecule has 0 spiro atoms. The van der Waals surface area contributed by atoms with Crippen molar-refractivity contribution in [1.82, 2.24) is 5.32 Å². The Hall–Kier alpha value is -0.120. The van der Waals surface area contributed by atoms with Crippen molar-refractivity contribution in [2.75, 3.05) is 26.9 Å². The zero-order chi connectivity index (χ0) is 10.9. The Labute approximate surface area is 93.5 Å². The van der Waals surface area contributed by atoms with Crippen molar-refractivity contribution in [1.29, 1.82) is 0 Å². The molecule has 3 nitrogen and oxygen atoms in total. The van der Waals surface area contributed by atoms with E-state index >= 15 is 0 Å². The van der Waals surface area contributed by atoms with Crippen LogP contribution in [0.4, 0.5) is 0 Å². The summed E-state index contributed by atoms with van der Waals surface area (Å²) in [6.07, 6.45) is 6.46. The molecule has 0 aromatic rings. The third kappa shape index (κ3) is 6.13. The van der Waals surface area contributed by atoms with Crippen molar-refractivity contribution in [2.24, 2.45) is 0 Å². The molecule has 2 atom stereocenters. The average Bonchev–Trinajstić information content (AvgIpc) is 2.23. The van der Waals surface area contributed by atoms with Gasteiger partial charge in [0, 0.05) is 25.8 Å². The molecule has 2 unspecified atom stereocenters. The second-order valence-electron chi connectivity index (χ2n) is 4.44. The minimum absolute atomic E-state index is 0.707. The summed E-state index contributed by atoms with van der Waals surface area (Å²) >= 11 is 0. The highest BCUT2D eigenvalue weighted by Crippen LogP contribution is 2.15. The third-order valence-corrected chi connectivity index (χ3v) is 2.98. The van der Waals surface area contributed by atoms with Crippen LogP contribution >= 0.6 is 0 Å². The maximum atomic E-state index is 5.44. The molecule has 0 bridgehead atoms. The van der Waals surface area contributed by atoms with Crippen molar-refractivity contribution >= 4 is 0 Å². The predicted octanol–water partition coefficient (Wildman–Crippen LogP) is 1.96. The van der Waals surface area contributed by atoms with E-state index in [2.05, 4.69) is 12.2 Å². The predicted molar refractivity (Wildman–Crippen MR) is 62.2 cm³/mol. The molecular formula is C12H25NO2. The fourth-order valence-corrected chi connectivity index (χ4v) is 2.14. The van der Waals surface area contributed by atoms with Gasteiger partial charge < -0.3 is 14.8 Å². The molecule has 1 N–H and O–H groups in total. The van der Waals surface area contributed by atoms with Crippen molar-refractivity contribution in [3.8, 4) is 0 Å². The number of hydrogen-bond acceptors (Lipinski definition) is 3. The number of rotatable bonds is 7. The van der Waals surface area contributed by atoms with E-state index in [1.54, 1.807) is 7.11 Å². The number of nitrogens with one attached hydrogen (secondary N) is 1. The van der Waals surface area contributed by atoms with Gasteiger partial charge in [0.1, 0.15) is 0 Å². The lowest BCUT2D eigenvalue weighted by Crippen LogP contribution is -2.40.